The van der Waals surface area contributed by atoms with Gasteiger partial charge in [0.05, 0.1) is 17.9 Å². The van der Waals surface area contributed by atoms with Crippen LogP contribution in [0.3, 0.4) is 0 Å². The summed E-state index contributed by atoms with van der Waals surface area (Å²) in [6.45, 7) is 4.11. The fourth-order valence-corrected chi connectivity index (χ4v) is 4.86. The van der Waals surface area contributed by atoms with Gasteiger partial charge < -0.3 is 4.74 Å². The maximum atomic E-state index is 12.3. The van der Waals surface area contributed by atoms with Gasteiger partial charge in [-0.3, -0.25) is 0 Å². The molecule has 1 aliphatic carbocycles. The number of hydrogen-bond donors (Lipinski definition) is 0. The Bertz CT molecular complexity index is 606. The predicted octanol–water partition coefficient (Wildman–Crippen LogP) is 2.13. The van der Waals surface area contributed by atoms with Crippen LogP contribution in [0.1, 0.15) is 25.3 Å². The molecule has 1 saturated carbocycles. The smallest absolute Gasteiger partial charge is 0.155 e. The normalized spacial score (nSPS) is 28.9. The van der Waals surface area contributed by atoms with Gasteiger partial charge >= 0.3 is 0 Å². The zero-order chi connectivity index (χ0) is 14.8. The Morgan fingerprint density at radius 3 is 2.45 bits per heavy atom. The minimum absolute atomic E-state index is 0.0521. The molecule has 0 saturated heterocycles. The molecule has 20 heavy (non-hydrogen) atoms. The summed E-state index contributed by atoms with van der Waals surface area (Å²) in [6, 6.07) is 11.6. The molecule has 2 rings (SSSR count). The summed E-state index contributed by atoms with van der Waals surface area (Å²) in [7, 11) is -3.27. The molecule has 1 aromatic carbocycles. The molecule has 108 valence electrons. The molecule has 0 aromatic heterocycles. The van der Waals surface area contributed by atoms with Gasteiger partial charge in [0.1, 0.15) is 5.41 Å². The van der Waals surface area contributed by atoms with Gasteiger partial charge in [-0.25, -0.2) is 8.42 Å². The van der Waals surface area contributed by atoms with Gasteiger partial charge in [0, 0.05) is 18.3 Å². The second-order valence-electron chi connectivity index (χ2n) is 5.05. The van der Waals surface area contributed by atoms with Crippen molar-refractivity contribution in [3.05, 3.63) is 35.9 Å². The largest absolute Gasteiger partial charge is 0.380 e. The van der Waals surface area contributed by atoms with Crippen molar-refractivity contribution in [3.8, 4) is 6.07 Å². The second kappa shape index (κ2) is 5.55. The van der Waals surface area contributed by atoms with Crippen LogP contribution in [0.25, 0.3) is 0 Å². The van der Waals surface area contributed by atoms with E-state index in [-0.39, 0.29) is 18.3 Å². The van der Waals surface area contributed by atoms with Crippen LogP contribution in [-0.4, -0.2) is 32.6 Å². The molecule has 0 spiro atoms. The Labute approximate surface area is 120 Å². The van der Waals surface area contributed by atoms with Crippen LogP contribution < -0.4 is 0 Å². The molecule has 1 aromatic rings. The quantitative estimate of drug-likeness (QED) is 0.806. The van der Waals surface area contributed by atoms with Crippen LogP contribution in [0.15, 0.2) is 30.3 Å². The van der Waals surface area contributed by atoms with E-state index in [1.54, 1.807) is 6.92 Å². The number of nitrogens with zero attached hydrogens (tertiary/aromatic N) is 1. The zero-order valence-corrected chi connectivity index (χ0v) is 12.6. The maximum Gasteiger partial charge on any atom is 0.155 e. The summed E-state index contributed by atoms with van der Waals surface area (Å²) in [5.41, 5.74) is -0.0394. The van der Waals surface area contributed by atoms with E-state index >= 15 is 0 Å². The average molecular weight is 293 g/mol. The molecule has 4 nitrogen and oxygen atoms in total. The predicted molar refractivity (Wildman–Crippen MR) is 77.0 cm³/mol. The van der Waals surface area contributed by atoms with E-state index in [1.165, 1.54) is 0 Å². The summed E-state index contributed by atoms with van der Waals surface area (Å²) in [5.74, 6) is -0.235. The standard InChI is InChI=1S/C15H19NO3S/c1-3-19-11-15(10-16)13(12-8-6-5-7-9-12)14(15)20(17,18)4-2/h5-9,13-14H,3-4,11H2,1-2H3. The lowest BCUT2D eigenvalue weighted by Gasteiger charge is -2.09. The number of benzene rings is 1. The Kier molecular flexibility index (Phi) is 4.17. The first-order valence-corrected chi connectivity index (χ1v) is 8.50. The number of sulfone groups is 1. The Morgan fingerprint density at radius 2 is 1.95 bits per heavy atom. The number of rotatable bonds is 6. The third kappa shape index (κ3) is 2.34. The van der Waals surface area contributed by atoms with Gasteiger partial charge in [0.25, 0.3) is 0 Å². The Balaban J connectivity index is 2.41. The lowest BCUT2D eigenvalue weighted by atomic mass is 10.0. The molecule has 5 heteroatoms. The van der Waals surface area contributed by atoms with Crippen molar-refractivity contribution in [2.45, 2.75) is 25.0 Å². The molecule has 1 aliphatic rings. The van der Waals surface area contributed by atoms with Gasteiger partial charge in [0.15, 0.2) is 9.84 Å². The average Bonchev–Trinajstić information content (AvgIpc) is 3.16. The van der Waals surface area contributed by atoms with Gasteiger partial charge in [-0.2, -0.15) is 5.26 Å². The van der Waals surface area contributed by atoms with Crippen molar-refractivity contribution in [1.29, 1.82) is 5.26 Å². The van der Waals surface area contributed by atoms with Crippen LogP contribution in [0.5, 0.6) is 0 Å². The zero-order valence-electron chi connectivity index (χ0n) is 11.7. The van der Waals surface area contributed by atoms with E-state index in [4.69, 9.17) is 4.74 Å². The van der Waals surface area contributed by atoms with Gasteiger partial charge in [-0.1, -0.05) is 37.3 Å². The van der Waals surface area contributed by atoms with Crippen molar-refractivity contribution in [2.24, 2.45) is 5.41 Å². The third-order valence-corrected chi connectivity index (χ3v) is 6.23. The molecule has 3 atom stereocenters. The Morgan fingerprint density at radius 1 is 1.30 bits per heavy atom. The van der Waals surface area contributed by atoms with Crippen LogP contribution in [0.4, 0.5) is 0 Å². The van der Waals surface area contributed by atoms with Crippen molar-refractivity contribution in [2.75, 3.05) is 19.0 Å². The van der Waals surface area contributed by atoms with Crippen LogP contribution >= 0.6 is 0 Å². The van der Waals surface area contributed by atoms with Gasteiger partial charge in [-0.05, 0) is 12.5 Å². The number of hydrogen-bond acceptors (Lipinski definition) is 4. The first kappa shape index (κ1) is 15.0. The molecular weight excluding hydrogens is 274 g/mol. The first-order valence-electron chi connectivity index (χ1n) is 6.79. The molecule has 0 aliphatic heterocycles. The molecular formula is C15H19NO3S. The van der Waals surface area contributed by atoms with E-state index in [0.29, 0.717) is 6.61 Å². The fourth-order valence-electron chi connectivity index (χ4n) is 2.85. The maximum absolute atomic E-state index is 12.3. The van der Waals surface area contributed by atoms with Crippen molar-refractivity contribution < 1.29 is 13.2 Å². The van der Waals surface area contributed by atoms with Crippen LogP contribution in [0, 0.1) is 16.7 Å². The highest BCUT2D eigenvalue weighted by Gasteiger charge is 2.71. The SMILES string of the molecule is CCOCC1(C#N)C(c2ccccc2)C1S(=O)(=O)CC. The van der Waals surface area contributed by atoms with Gasteiger partial charge in [-0.15, -0.1) is 0 Å². The van der Waals surface area contributed by atoms with Crippen LogP contribution in [0.2, 0.25) is 0 Å². The summed E-state index contributed by atoms with van der Waals surface area (Å²) in [6.07, 6.45) is 0. The molecule has 3 unspecified atom stereocenters. The van der Waals surface area contributed by atoms with E-state index in [2.05, 4.69) is 6.07 Å². The monoisotopic (exact) mass is 293 g/mol. The Hall–Kier alpha value is -1.38. The molecule has 0 amide bonds. The molecule has 1 fully saturated rings. The third-order valence-electron chi connectivity index (χ3n) is 3.96. The van der Waals surface area contributed by atoms with Crippen molar-refractivity contribution in [1.82, 2.24) is 0 Å². The summed E-state index contributed by atoms with van der Waals surface area (Å²) in [4.78, 5) is 0. The summed E-state index contributed by atoms with van der Waals surface area (Å²) >= 11 is 0. The van der Waals surface area contributed by atoms with Gasteiger partial charge in [0.2, 0.25) is 0 Å². The van der Waals surface area contributed by atoms with Crippen LogP contribution in [-0.2, 0) is 14.6 Å². The second-order valence-corrected chi connectivity index (χ2v) is 7.46. The van der Waals surface area contributed by atoms with E-state index in [0.717, 1.165) is 5.56 Å². The van der Waals surface area contributed by atoms with Crippen molar-refractivity contribution >= 4 is 9.84 Å². The van der Waals surface area contributed by atoms with E-state index in [1.807, 2.05) is 37.3 Å². The highest BCUT2D eigenvalue weighted by molar-refractivity contribution is 7.92. The molecule has 0 heterocycles. The highest BCUT2D eigenvalue weighted by Crippen LogP contribution is 2.62. The summed E-state index contributed by atoms with van der Waals surface area (Å²) in [5, 5.41) is 8.90. The minimum atomic E-state index is -3.27. The van der Waals surface area contributed by atoms with E-state index < -0.39 is 20.5 Å². The molecule has 0 radical (unpaired) electrons. The van der Waals surface area contributed by atoms with E-state index in [9.17, 15) is 13.7 Å². The minimum Gasteiger partial charge on any atom is -0.380 e. The fraction of sp³-hybridized carbons (Fsp3) is 0.533. The first-order chi connectivity index (χ1) is 9.53. The highest BCUT2D eigenvalue weighted by atomic mass is 32.2. The molecule has 0 N–H and O–H groups in total. The van der Waals surface area contributed by atoms with Crippen molar-refractivity contribution in [3.63, 3.8) is 0 Å². The topological polar surface area (TPSA) is 67.2 Å². The lowest BCUT2D eigenvalue weighted by molar-refractivity contribution is 0.117. The number of ether oxygens (including phenoxy) is 1. The number of nitriles is 1. The molecule has 0 bridgehead atoms. The lowest BCUT2D eigenvalue weighted by Crippen LogP contribution is -2.20. The summed E-state index contributed by atoms with van der Waals surface area (Å²) < 4.78 is 29.9.